The van der Waals surface area contributed by atoms with Gasteiger partial charge in [-0.1, -0.05) is 60.3 Å². The molecule has 2 aromatic carbocycles. The quantitative estimate of drug-likeness (QED) is 0.316. The highest BCUT2D eigenvalue weighted by Crippen LogP contribution is 2.21. The van der Waals surface area contributed by atoms with E-state index in [1.54, 1.807) is 41.0 Å². The minimum atomic E-state index is -0.435. The highest BCUT2D eigenvalue weighted by Gasteiger charge is 2.15. The summed E-state index contributed by atoms with van der Waals surface area (Å²) in [6, 6.07) is 15.3. The molecule has 3 rings (SSSR count). The van der Waals surface area contributed by atoms with Gasteiger partial charge in [0.2, 0.25) is 0 Å². The molecule has 0 aliphatic heterocycles. The minimum absolute atomic E-state index is 0.0120. The van der Waals surface area contributed by atoms with E-state index >= 15 is 0 Å². The molecule has 0 unspecified atom stereocenters. The highest BCUT2D eigenvalue weighted by molar-refractivity contribution is 7.99. The van der Waals surface area contributed by atoms with E-state index in [0.717, 1.165) is 0 Å². The standard InChI is InChI=1S/C20H18FN3O2S/c1-2-12-24-19(13-26-18-11-7-6-10-16(18)21)22-23-20(24)27-14-17(25)15-8-4-3-5-9-15/h2-11H,1,12-14H2. The molecule has 0 saturated carbocycles. The van der Waals surface area contributed by atoms with Gasteiger partial charge in [-0.05, 0) is 12.1 Å². The number of allylic oxidation sites excluding steroid dienone is 1. The number of carbonyl (C=O) groups excluding carboxylic acids is 1. The fourth-order valence-corrected chi connectivity index (χ4v) is 3.25. The first-order valence-electron chi connectivity index (χ1n) is 8.30. The lowest BCUT2D eigenvalue weighted by Gasteiger charge is -2.09. The smallest absolute Gasteiger partial charge is 0.192 e. The van der Waals surface area contributed by atoms with E-state index in [4.69, 9.17) is 4.74 Å². The number of thioether (sulfide) groups is 1. The molecule has 0 amide bonds. The maximum atomic E-state index is 13.7. The summed E-state index contributed by atoms with van der Waals surface area (Å²) in [4.78, 5) is 12.3. The number of benzene rings is 2. The third kappa shape index (κ3) is 4.83. The normalized spacial score (nSPS) is 10.6. The van der Waals surface area contributed by atoms with Crippen molar-refractivity contribution in [3.8, 4) is 5.75 Å². The average molecular weight is 383 g/mol. The van der Waals surface area contributed by atoms with Crippen LogP contribution in [0.5, 0.6) is 5.75 Å². The van der Waals surface area contributed by atoms with Crippen molar-refractivity contribution in [2.45, 2.75) is 18.3 Å². The number of para-hydroxylation sites is 1. The van der Waals surface area contributed by atoms with Crippen LogP contribution in [0.15, 0.2) is 72.4 Å². The van der Waals surface area contributed by atoms with Crippen molar-refractivity contribution >= 4 is 17.5 Å². The molecule has 138 valence electrons. The SMILES string of the molecule is C=CCn1c(COc2ccccc2F)nnc1SCC(=O)c1ccccc1. The summed E-state index contributed by atoms with van der Waals surface area (Å²) in [5.41, 5.74) is 0.655. The molecule has 27 heavy (non-hydrogen) atoms. The number of carbonyl (C=O) groups is 1. The molecule has 0 spiro atoms. The van der Waals surface area contributed by atoms with Crippen LogP contribution in [0.25, 0.3) is 0 Å². The van der Waals surface area contributed by atoms with Gasteiger partial charge in [0, 0.05) is 12.1 Å². The Bertz CT molecular complexity index is 928. The minimum Gasteiger partial charge on any atom is -0.483 e. The number of ether oxygens (including phenoxy) is 1. The maximum absolute atomic E-state index is 13.7. The third-order valence-corrected chi connectivity index (χ3v) is 4.69. The molecule has 3 aromatic rings. The van der Waals surface area contributed by atoms with Gasteiger partial charge in [0.05, 0.1) is 5.75 Å². The summed E-state index contributed by atoms with van der Waals surface area (Å²) in [7, 11) is 0. The Balaban J connectivity index is 1.68. The van der Waals surface area contributed by atoms with Crippen molar-refractivity contribution in [1.29, 1.82) is 0 Å². The predicted molar refractivity (Wildman–Crippen MR) is 102 cm³/mol. The topological polar surface area (TPSA) is 57.0 Å². The number of hydrogen-bond acceptors (Lipinski definition) is 5. The van der Waals surface area contributed by atoms with Crippen LogP contribution in [-0.4, -0.2) is 26.3 Å². The summed E-state index contributed by atoms with van der Waals surface area (Å²) in [6.45, 7) is 4.27. The number of Topliss-reactive ketones (excluding diaryl/α,β-unsaturated/α-hetero) is 1. The summed E-state index contributed by atoms with van der Waals surface area (Å²) in [5.74, 6) is 0.508. The highest BCUT2D eigenvalue weighted by atomic mass is 32.2. The lowest BCUT2D eigenvalue weighted by atomic mass is 10.2. The molecule has 0 fully saturated rings. The van der Waals surface area contributed by atoms with Gasteiger partial charge < -0.3 is 4.74 Å². The average Bonchev–Trinajstić information content (AvgIpc) is 3.08. The van der Waals surface area contributed by atoms with Crippen molar-refractivity contribution < 1.29 is 13.9 Å². The lowest BCUT2D eigenvalue weighted by Crippen LogP contribution is -2.09. The van der Waals surface area contributed by atoms with Crippen molar-refractivity contribution in [2.75, 3.05) is 5.75 Å². The summed E-state index contributed by atoms with van der Waals surface area (Å²) in [6.07, 6.45) is 1.71. The van der Waals surface area contributed by atoms with Crippen molar-refractivity contribution in [1.82, 2.24) is 14.8 Å². The molecular weight excluding hydrogens is 365 g/mol. The van der Waals surface area contributed by atoms with E-state index < -0.39 is 5.82 Å². The first kappa shape index (κ1) is 18.8. The number of nitrogens with zero attached hydrogens (tertiary/aromatic N) is 3. The molecule has 7 heteroatoms. The predicted octanol–water partition coefficient (Wildman–Crippen LogP) is 4.16. The Kier molecular flexibility index (Phi) is 6.38. The van der Waals surface area contributed by atoms with Crippen LogP contribution >= 0.6 is 11.8 Å². The van der Waals surface area contributed by atoms with Gasteiger partial charge in [0.25, 0.3) is 0 Å². The van der Waals surface area contributed by atoms with Crippen LogP contribution in [0, 0.1) is 5.82 Å². The summed E-state index contributed by atoms with van der Waals surface area (Å²) < 4.78 is 21.0. The Labute approximate surface area is 160 Å². The molecule has 1 aromatic heterocycles. The van der Waals surface area contributed by atoms with Crippen LogP contribution in [0.4, 0.5) is 4.39 Å². The molecule has 0 saturated heterocycles. The molecular formula is C20H18FN3O2S. The fraction of sp³-hybridized carbons (Fsp3) is 0.150. The Hall–Kier alpha value is -2.93. The number of hydrogen-bond donors (Lipinski definition) is 0. The Morgan fingerprint density at radius 1 is 1.15 bits per heavy atom. The van der Waals surface area contributed by atoms with Crippen molar-refractivity contribution in [3.05, 3.63) is 84.5 Å². The zero-order valence-electron chi connectivity index (χ0n) is 14.5. The summed E-state index contributed by atoms with van der Waals surface area (Å²) in [5, 5.41) is 8.84. The van der Waals surface area contributed by atoms with Gasteiger partial charge in [-0.3, -0.25) is 9.36 Å². The van der Waals surface area contributed by atoms with E-state index in [1.165, 1.54) is 17.8 Å². The fourth-order valence-electron chi connectivity index (χ4n) is 2.39. The van der Waals surface area contributed by atoms with Crippen LogP contribution in [-0.2, 0) is 13.2 Å². The molecule has 0 N–H and O–H groups in total. The molecule has 5 nitrogen and oxygen atoms in total. The van der Waals surface area contributed by atoms with Crippen LogP contribution < -0.4 is 4.74 Å². The second-order valence-electron chi connectivity index (χ2n) is 5.60. The van der Waals surface area contributed by atoms with Gasteiger partial charge in [-0.25, -0.2) is 4.39 Å². The number of ketones is 1. The van der Waals surface area contributed by atoms with Gasteiger partial charge in [-0.2, -0.15) is 0 Å². The van der Waals surface area contributed by atoms with E-state index in [2.05, 4.69) is 16.8 Å². The number of aromatic nitrogens is 3. The first-order chi connectivity index (χ1) is 13.2. The Morgan fingerprint density at radius 3 is 2.63 bits per heavy atom. The van der Waals surface area contributed by atoms with E-state index in [9.17, 15) is 9.18 Å². The second kappa shape index (κ2) is 9.14. The van der Waals surface area contributed by atoms with Gasteiger partial charge in [0.15, 0.2) is 28.3 Å². The molecule has 0 aliphatic carbocycles. The van der Waals surface area contributed by atoms with E-state index in [1.807, 2.05) is 18.2 Å². The van der Waals surface area contributed by atoms with Gasteiger partial charge >= 0.3 is 0 Å². The zero-order chi connectivity index (χ0) is 19.1. The van der Waals surface area contributed by atoms with Crippen LogP contribution in [0.1, 0.15) is 16.2 Å². The van der Waals surface area contributed by atoms with E-state index in [0.29, 0.717) is 23.1 Å². The van der Waals surface area contributed by atoms with Gasteiger partial charge in [0.1, 0.15) is 6.61 Å². The van der Waals surface area contributed by atoms with Gasteiger partial charge in [-0.15, -0.1) is 16.8 Å². The maximum Gasteiger partial charge on any atom is 0.192 e. The molecule has 0 atom stereocenters. The second-order valence-corrected chi connectivity index (χ2v) is 6.54. The van der Waals surface area contributed by atoms with E-state index in [-0.39, 0.29) is 23.9 Å². The van der Waals surface area contributed by atoms with Crippen LogP contribution in [0.2, 0.25) is 0 Å². The number of rotatable bonds is 9. The molecule has 0 bridgehead atoms. The van der Waals surface area contributed by atoms with Crippen LogP contribution in [0.3, 0.4) is 0 Å². The van der Waals surface area contributed by atoms with Crippen molar-refractivity contribution in [2.24, 2.45) is 0 Å². The molecule has 1 heterocycles. The first-order valence-corrected chi connectivity index (χ1v) is 9.29. The Morgan fingerprint density at radius 2 is 1.89 bits per heavy atom. The lowest BCUT2D eigenvalue weighted by molar-refractivity contribution is 0.102. The molecule has 0 aliphatic rings. The summed E-state index contributed by atoms with van der Waals surface area (Å²) >= 11 is 1.30. The molecule has 0 radical (unpaired) electrons. The number of halogens is 1. The zero-order valence-corrected chi connectivity index (χ0v) is 15.4. The monoisotopic (exact) mass is 383 g/mol. The largest absolute Gasteiger partial charge is 0.483 e. The third-order valence-electron chi connectivity index (χ3n) is 3.73. The van der Waals surface area contributed by atoms with Crippen molar-refractivity contribution in [3.63, 3.8) is 0 Å².